The lowest BCUT2D eigenvalue weighted by atomic mass is 10.1. The summed E-state index contributed by atoms with van der Waals surface area (Å²) in [4.78, 5) is 26.3. The summed E-state index contributed by atoms with van der Waals surface area (Å²) in [5.74, 6) is 0.0724. The number of hydrogen-bond donors (Lipinski definition) is 2. The number of aromatic nitrogens is 2. The zero-order valence-corrected chi connectivity index (χ0v) is 14.2. The van der Waals surface area contributed by atoms with Gasteiger partial charge in [0, 0.05) is 36.3 Å². The fourth-order valence-corrected chi connectivity index (χ4v) is 3.27. The summed E-state index contributed by atoms with van der Waals surface area (Å²) in [6.07, 6.45) is 0.782. The van der Waals surface area contributed by atoms with Gasteiger partial charge in [-0.1, -0.05) is 23.7 Å². The molecule has 25 heavy (non-hydrogen) atoms. The maximum Gasteiger partial charge on any atom is 0.267 e. The smallest absolute Gasteiger partial charge is 0.267 e. The lowest BCUT2D eigenvalue weighted by Gasteiger charge is -2.40. The Morgan fingerprint density at radius 1 is 1.16 bits per heavy atom. The van der Waals surface area contributed by atoms with E-state index in [4.69, 9.17) is 11.6 Å². The van der Waals surface area contributed by atoms with Gasteiger partial charge in [0.05, 0.1) is 11.7 Å². The van der Waals surface area contributed by atoms with Crippen LogP contribution in [0.4, 0.5) is 0 Å². The zero-order valence-electron chi connectivity index (χ0n) is 13.5. The average Bonchev–Trinajstić information content (AvgIpc) is 3.10. The van der Waals surface area contributed by atoms with Crippen molar-refractivity contribution in [2.45, 2.75) is 18.5 Å². The van der Waals surface area contributed by atoms with Crippen LogP contribution in [0.5, 0.6) is 0 Å². The van der Waals surface area contributed by atoms with Gasteiger partial charge < -0.3 is 4.90 Å². The summed E-state index contributed by atoms with van der Waals surface area (Å²) in [5, 5.41) is 5.13. The van der Waals surface area contributed by atoms with Crippen LogP contribution in [-0.2, 0) is 4.79 Å². The molecule has 0 bridgehead atoms. The molecule has 1 amide bonds. The molecule has 0 spiro atoms. The quantitative estimate of drug-likeness (QED) is 0.848. The second-order valence-corrected chi connectivity index (χ2v) is 6.75. The van der Waals surface area contributed by atoms with Crippen LogP contribution in [0.2, 0.25) is 5.02 Å². The zero-order chi connectivity index (χ0) is 17.4. The molecule has 4 rings (SSSR count). The SMILES string of the molecule is O=C(C1CCNN1)N1CC(n2nc(-c3ccc(Cl)cc3)ccc2=O)C1. The molecule has 1 unspecified atom stereocenters. The molecule has 1 aromatic carbocycles. The average molecular weight is 360 g/mol. The van der Waals surface area contributed by atoms with E-state index in [0.29, 0.717) is 23.8 Å². The van der Waals surface area contributed by atoms with Crippen LogP contribution < -0.4 is 16.4 Å². The van der Waals surface area contributed by atoms with Gasteiger partial charge in [-0.2, -0.15) is 5.10 Å². The summed E-state index contributed by atoms with van der Waals surface area (Å²) >= 11 is 5.91. The van der Waals surface area contributed by atoms with Crippen LogP contribution in [0, 0.1) is 0 Å². The molecule has 1 aromatic heterocycles. The predicted molar refractivity (Wildman–Crippen MR) is 94.1 cm³/mol. The van der Waals surface area contributed by atoms with Crippen molar-refractivity contribution in [3.63, 3.8) is 0 Å². The van der Waals surface area contributed by atoms with E-state index in [9.17, 15) is 9.59 Å². The van der Waals surface area contributed by atoms with Crippen molar-refractivity contribution in [2.75, 3.05) is 19.6 Å². The molecular weight excluding hydrogens is 342 g/mol. The second kappa shape index (κ2) is 6.59. The number of nitrogens with one attached hydrogen (secondary N) is 2. The van der Waals surface area contributed by atoms with Crippen molar-refractivity contribution in [1.29, 1.82) is 0 Å². The largest absolute Gasteiger partial charge is 0.337 e. The molecule has 7 nitrogen and oxygen atoms in total. The van der Waals surface area contributed by atoms with Gasteiger partial charge >= 0.3 is 0 Å². The van der Waals surface area contributed by atoms with Gasteiger partial charge in [-0.05, 0) is 24.6 Å². The fraction of sp³-hybridized carbons (Fsp3) is 0.353. The van der Waals surface area contributed by atoms with Crippen LogP contribution in [0.25, 0.3) is 11.3 Å². The Hall–Kier alpha value is -2.22. The molecule has 2 aliphatic heterocycles. The van der Waals surface area contributed by atoms with E-state index < -0.39 is 0 Å². The van der Waals surface area contributed by atoms with E-state index >= 15 is 0 Å². The first-order chi connectivity index (χ1) is 12.1. The highest BCUT2D eigenvalue weighted by molar-refractivity contribution is 6.30. The highest BCUT2D eigenvalue weighted by Gasteiger charge is 2.37. The van der Waals surface area contributed by atoms with Crippen LogP contribution >= 0.6 is 11.6 Å². The number of rotatable bonds is 3. The number of carbonyl (C=O) groups is 1. The molecule has 0 saturated carbocycles. The maximum absolute atomic E-state index is 12.3. The molecule has 2 aromatic rings. The van der Waals surface area contributed by atoms with Crippen molar-refractivity contribution in [2.24, 2.45) is 0 Å². The summed E-state index contributed by atoms with van der Waals surface area (Å²) < 4.78 is 1.48. The van der Waals surface area contributed by atoms with E-state index in [0.717, 1.165) is 18.5 Å². The minimum atomic E-state index is -0.175. The Kier molecular flexibility index (Phi) is 4.29. The number of amides is 1. The maximum atomic E-state index is 12.3. The molecule has 2 N–H and O–H groups in total. The number of halogens is 1. The third-order valence-corrected chi connectivity index (χ3v) is 4.87. The van der Waals surface area contributed by atoms with Gasteiger partial charge in [-0.3, -0.25) is 15.0 Å². The number of hydrogen-bond acceptors (Lipinski definition) is 5. The van der Waals surface area contributed by atoms with E-state index in [1.54, 1.807) is 23.1 Å². The minimum Gasteiger partial charge on any atom is -0.337 e. The number of hydrazine groups is 1. The molecule has 1 atom stereocenters. The lowest BCUT2D eigenvalue weighted by Crippen LogP contribution is -2.57. The Morgan fingerprint density at radius 2 is 1.92 bits per heavy atom. The van der Waals surface area contributed by atoms with Gasteiger partial charge in [0.1, 0.15) is 6.04 Å². The molecule has 8 heteroatoms. The topological polar surface area (TPSA) is 79.3 Å². The van der Waals surface area contributed by atoms with Gasteiger partial charge in [0.2, 0.25) is 5.91 Å². The number of carbonyl (C=O) groups excluding carboxylic acids is 1. The van der Waals surface area contributed by atoms with E-state index in [-0.39, 0.29) is 23.6 Å². The molecule has 0 aliphatic carbocycles. The van der Waals surface area contributed by atoms with Crippen molar-refractivity contribution in [3.05, 3.63) is 51.8 Å². The van der Waals surface area contributed by atoms with Gasteiger partial charge in [0.25, 0.3) is 5.56 Å². The van der Waals surface area contributed by atoms with Crippen LogP contribution in [0.3, 0.4) is 0 Å². The summed E-state index contributed by atoms with van der Waals surface area (Å²) in [7, 11) is 0. The highest BCUT2D eigenvalue weighted by Crippen LogP contribution is 2.23. The first-order valence-electron chi connectivity index (χ1n) is 8.25. The van der Waals surface area contributed by atoms with Crippen molar-refractivity contribution < 1.29 is 4.79 Å². The van der Waals surface area contributed by atoms with Gasteiger partial charge in [0.15, 0.2) is 0 Å². The third-order valence-electron chi connectivity index (χ3n) is 4.62. The summed E-state index contributed by atoms with van der Waals surface area (Å²) in [6, 6.07) is 10.3. The summed E-state index contributed by atoms with van der Waals surface area (Å²) in [6.45, 7) is 1.81. The Labute approximate surface area is 149 Å². The molecule has 2 aliphatic rings. The Morgan fingerprint density at radius 3 is 2.60 bits per heavy atom. The number of nitrogens with zero attached hydrogens (tertiary/aromatic N) is 3. The minimum absolute atomic E-state index is 0.0724. The molecule has 130 valence electrons. The highest BCUT2D eigenvalue weighted by atomic mass is 35.5. The van der Waals surface area contributed by atoms with Crippen molar-refractivity contribution in [1.82, 2.24) is 25.5 Å². The monoisotopic (exact) mass is 359 g/mol. The van der Waals surface area contributed by atoms with Crippen molar-refractivity contribution >= 4 is 17.5 Å². The molecular formula is C17H18ClN5O2. The number of likely N-dealkylation sites (tertiary alicyclic amines) is 1. The van der Waals surface area contributed by atoms with Crippen LogP contribution in [0.1, 0.15) is 12.5 Å². The second-order valence-electron chi connectivity index (χ2n) is 6.32. The molecule has 0 radical (unpaired) electrons. The lowest BCUT2D eigenvalue weighted by molar-refractivity contribution is -0.139. The van der Waals surface area contributed by atoms with E-state index in [1.165, 1.54) is 10.7 Å². The van der Waals surface area contributed by atoms with Crippen molar-refractivity contribution in [3.8, 4) is 11.3 Å². The van der Waals surface area contributed by atoms with Gasteiger partial charge in [-0.25, -0.2) is 10.1 Å². The number of benzene rings is 1. The third kappa shape index (κ3) is 3.18. The predicted octanol–water partition coefficient (Wildman–Crippen LogP) is 0.814. The first-order valence-corrected chi connectivity index (χ1v) is 8.62. The van der Waals surface area contributed by atoms with Crippen LogP contribution in [-0.4, -0.2) is 46.3 Å². The fourth-order valence-electron chi connectivity index (χ4n) is 3.14. The first kappa shape index (κ1) is 16.3. The van der Waals surface area contributed by atoms with E-state index in [2.05, 4.69) is 16.0 Å². The molecule has 3 heterocycles. The molecule has 2 fully saturated rings. The normalized spacial score (nSPS) is 20.5. The van der Waals surface area contributed by atoms with Crippen LogP contribution in [0.15, 0.2) is 41.2 Å². The Balaban J connectivity index is 1.50. The standard InChI is InChI=1S/C17H18ClN5O2/c18-12-3-1-11(2-4-12)14-5-6-16(24)23(21-14)13-9-22(10-13)17(25)15-7-8-19-20-15/h1-6,13,15,19-20H,7-10H2. The van der Waals surface area contributed by atoms with E-state index in [1.807, 2.05) is 12.1 Å². The Bertz CT molecular complexity index is 839. The summed E-state index contributed by atoms with van der Waals surface area (Å²) in [5.41, 5.74) is 7.38. The molecule has 2 saturated heterocycles. The van der Waals surface area contributed by atoms with Gasteiger partial charge in [-0.15, -0.1) is 0 Å².